The van der Waals surface area contributed by atoms with E-state index in [0.29, 0.717) is 10.9 Å². The molecule has 1 N–H and O–H groups in total. The normalized spacial score (nSPS) is 12.1. The van der Waals surface area contributed by atoms with Crippen molar-refractivity contribution in [3.05, 3.63) is 74.6 Å². The van der Waals surface area contributed by atoms with Crippen LogP contribution in [0, 0.1) is 15.9 Å². The molecule has 0 aliphatic rings. The number of aromatic amines is 1. The molecule has 0 saturated heterocycles. The maximum atomic E-state index is 13.4. The van der Waals surface area contributed by atoms with E-state index in [1.165, 1.54) is 0 Å². The van der Waals surface area contributed by atoms with Crippen LogP contribution < -0.4 is 10.3 Å². The van der Waals surface area contributed by atoms with E-state index < -0.39 is 16.8 Å². The number of ether oxygens (including phenoxy) is 1. The zero-order valence-corrected chi connectivity index (χ0v) is 12.5. The first-order chi connectivity index (χ1) is 11.5. The number of para-hydroxylation sites is 1. The Morgan fingerprint density at radius 2 is 2.04 bits per heavy atom. The van der Waals surface area contributed by atoms with E-state index in [1.54, 1.807) is 31.2 Å². The van der Waals surface area contributed by atoms with Gasteiger partial charge in [0.1, 0.15) is 5.82 Å². The van der Waals surface area contributed by atoms with Gasteiger partial charge in [0.05, 0.1) is 15.8 Å². The van der Waals surface area contributed by atoms with Crippen molar-refractivity contribution < 1.29 is 14.1 Å². The maximum Gasteiger partial charge on any atom is 0.311 e. The van der Waals surface area contributed by atoms with Crippen molar-refractivity contribution in [3.8, 4) is 5.75 Å². The van der Waals surface area contributed by atoms with E-state index in [9.17, 15) is 19.3 Å². The predicted octanol–water partition coefficient (Wildman–Crippen LogP) is 3.11. The van der Waals surface area contributed by atoms with Crippen LogP contribution in [0.2, 0.25) is 0 Å². The van der Waals surface area contributed by atoms with Gasteiger partial charge in [-0.25, -0.2) is 9.37 Å². The Balaban J connectivity index is 1.99. The molecule has 0 spiro atoms. The topological polar surface area (TPSA) is 98.1 Å². The van der Waals surface area contributed by atoms with Crippen LogP contribution in [-0.2, 0) is 0 Å². The SMILES string of the molecule is C[C@H](Oc1cc(F)ccc1[N+](=O)[O-])c1nc2ccccc2c(=O)[nH]1. The lowest BCUT2D eigenvalue weighted by Crippen LogP contribution is -2.16. The summed E-state index contributed by atoms with van der Waals surface area (Å²) in [7, 11) is 0. The summed E-state index contributed by atoms with van der Waals surface area (Å²) in [5.41, 5.74) is -0.244. The Labute approximate surface area is 134 Å². The van der Waals surface area contributed by atoms with E-state index in [-0.39, 0.29) is 22.8 Å². The van der Waals surface area contributed by atoms with E-state index in [2.05, 4.69) is 9.97 Å². The van der Waals surface area contributed by atoms with Crippen LogP contribution in [-0.4, -0.2) is 14.9 Å². The number of rotatable bonds is 4. The summed E-state index contributed by atoms with van der Waals surface area (Å²) in [4.78, 5) is 29.3. The minimum atomic E-state index is -0.817. The lowest BCUT2D eigenvalue weighted by atomic mass is 10.2. The molecule has 2 aromatic carbocycles. The summed E-state index contributed by atoms with van der Waals surface area (Å²) < 4.78 is 18.8. The summed E-state index contributed by atoms with van der Waals surface area (Å²) in [6.07, 6.45) is -0.817. The highest BCUT2D eigenvalue weighted by atomic mass is 19.1. The molecule has 0 fully saturated rings. The largest absolute Gasteiger partial charge is 0.476 e. The fourth-order valence-corrected chi connectivity index (χ4v) is 2.28. The maximum absolute atomic E-state index is 13.4. The average Bonchev–Trinajstić information content (AvgIpc) is 2.54. The van der Waals surface area contributed by atoms with Gasteiger partial charge in [-0.1, -0.05) is 12.1 Å². The van der Waals surface area contributed by atoms with E-state index in [1.807, 2.05) is 0 Å². The van der Waals surface area contributed by atoms with Crippen molar-refractivity contribution in [2.45, 2.75) is 13.0 Å². The number of nitro benzene ring substituents is 1. The van der Waals surface area contributed by atoms with Gasteiger partial charge in [0.25, 0.3) is 5.56 Å². The third-order valence-corrected chi connectivity index (χ3v) is 3.44. The highest BCUT2D eigenvalue weighted by Gasteiger charge is 2.20. The predicted molar refractivity (Wildman–Crippen MR) is 84.5 cm³/mol. The second-order valence-electron chi connectivity index (χ2n) is 5.10. The van der Waals surface area contributed by atoms with Crippen molar-refractivity contribution in [2.24, 2.45) is 0 Å². The average molecular weight is 329 g/mol. The Kier molecular flexibility index (Phi) is 3.95. The van der Waals surface area contributed by atoms with Gasteiger partial charge in [0, 0.05) is 12.1 Å². The fraction of sp³-hybridized carbons (Fsp3) is 0.125. The fourth-order valence-electron chi connectivity index (χ4n) is 2.28. The molecule has 24 heavy (non-hydrogen) atoms. The number of aromatic nitrogens is 2. The molecular formula is C16H12FN3O4. The van der Waals surface area contributed by atoms with Gasteiger partial charge >= 0.3 is 5.69 Å². The quantitative estimate of drug-likeness (QED) is 0.586. The molecule has 1 heterocycles. The molecule has 8 heteroatoms. The van der Waals surface area contributed by atoms with Gasteiger partial charge in [-0.05, 0) is 25.1 Å². The number of nitrogens with one attached hydrogen (secondary N) is 1. The second-order valence-corrected chi connectivity index (χ2v) is 5.10. The first kappa shape index (κ1) is 15.6. The number of hydrogen-bond acceptors (Lipinski definition) is 5. The molecule has 0 amide bonds. The van der Waals surface area contributed by atoms with Gasteiger partial charge in [-0.2, -0.15) is 0 Å². The molecule has 1 aromatic heterocycles. The van der Waals surface area contributed by atoms with Gasteiger partial charge in [-0.15, -0.1) is 0 Å². The minimum Gasteiger partial charge on any atom is -0.476 e. The van der Waals surface area contributed by atoms with Crippen LogP contribution in [0.1, 0.15) is 18.9 Å². The molecule has 0 radical (unpaired) electrons. The van der Waals surface area contributed by atoms with Gasteiger partial charge in [-0.3, -0.25) is 14.9 Å². The monoisotopic (exact) mass is 329 g/mol. The third-order valence-electron chi connectivity index (χ3n) is 3.44. The van der Waals surface area contributed by atoms with Crippen LogP contribution in [0.5, 0.6) is 5.75 Å². The van der Waals surface area contributed by atoms with Gasteiger partial charge in [0.2, 0.25) is 5.75 Å². The number of nitro groups is 1. The minimum absolute atomic E-state index is 0.192. The highest BCUT2D eigenvalue weighted by molar-refractivity contribution is 5.77. The second kappa shape index (κ2) is 6.07. The van der Waals surface area contributed by atoms with E-state index >= 15 is 0 Å². The number of benzene rings is 2. The Morgan fingerprint density at radius 1 is 1.29 bits per heavy atom. The number of hydrogen-bond donors (Lipinski definition) is 1. The molecule has 7 nitrogen and oxygen atoms in total. The van der Waals surface area contributed by atoms with Crippen molar-refractivity contribution in [1.29, 1.82) is 0 Å². The molecular weight excluding hydrogens is 317 g/mol. The molecule has 3 rings (SSSR count). The van der Waals surface area contributed by atoms with Crippen molar-refractivity contribution in [1.82, 2.24) is 9.97 Å². The lowest BCUT2D eigenvalue weighted by molar-refractivity contribution is -0.386. The zero-order chi connectivity index (χ0) is 17.3. The first-order valence-corrected chi connectivity index (χ1v) is 7.05. The smallest absolute Gasteiger partial charge is 0.311 e. The van der Waals surface area contributed by atoms with E-state index in [0.717, 1.165) is 18.2 Å². The summed E-state index contributed by atoms with van der Waals surface area (Å²) in [5.74, 6) is -0.705. The molecule has 0 unspecified atom stereocenters. The molecule has 1 atom stereocenters. The summed E-state index contributed by atoms with van der Waals surface area (Å²) in [6, 6.07) is 9.68. The van der Waals surface area contributed by atoms with Crippen molar-refractivity contribution >= 4 is 16.6 Å². The first-order valence-electron chi connectivity index (χ1n) is 7.05. The van der Waals surface area contributed by atoms with Crippen LogP contribution in [0.3, 0.4) is 0 Å². The number of fused-ring (bicyclic) bond motifs is 1. The molecule has 0 aliphatic carbocycles. The Hall–Kier alpha value is -3.29. The highest BCUT2D eigenvalue weighted by Crippen LogP contribution is 2.30. The summed E-state index contributed by atoms with van der Waals surface area (Å²) >= 11 is 0. The van der Waals surface area contributed by atoms with E-state index in [4.69, 9.17) is 4.74 Å². The standard InChI is InChI=1S/C16H12FN3O4/c1-9(24-14-8-10(17)6-7-13(14)20(22)23)15-18-12-5-3-2-4-11(12)16(21)19-15/h2-9H,1H3,(H,18,19,21)/t9-/m0/s1. The summed E-state index contributed by atoms with van der Waals surface area (Å²) in [5, 5.41) is 11.4. The third kappa shape index (κ3) is 2.94. The number of H-pyrrole nitrogens is 1. The van der Waals surface area contributed by atoms with Crippen LogP contribution in [0.25, 0.3) is 10.9 Å². The van der Waals surface area contributed by atoms with Gasteiger partial charge in [0.15, 0.2) is 11.9 Å². The van der Waals surface area contributed by atoms with Gasteiger partial charge < -0.3 is 9.72 Å². The number of nitrogens with zero attached hydrogens (tertiary/aromatic N) is 2. The van der Waals surface area contributed by atoms with Crippen LogP contribution in [0.4, 0.5) is 10.1 Å². The zero-order valence-electron chi connectivity index (χ0n) is 12.5. The Morgan fingerprint density at radius 3 is 2.79 bits per heavy atom. The molecule has 0 bridgehead atoms. The Bertz CT molecular complexity index is 986. The molecule has 122 valence electrons. The molecule has 0 aliphatic heterocycles. The summed E-state index contributed by atoms with van der Waals surface area (Å²) in [6.45, 7) is 1.56. The van der Waals surface area contributed by atoms with Crippen molar-refractivity contribution in [2.75, 3.05) is 0 Å². The molecule has 3 aromatic rings. The van der Waals surface area contributed by atoms with Crippen molar-refractivity contribution in [3.63, 3.8) is 0 Å². The molecule has 0 saturated carbocycles. The number of halogens is 1. The van der Waals surface area contributed by atoms with Crippen LogP contribution in [0.15, 0.2) is 47.3 Å². The van der Waals surface area contributed by atoms with Crippen LogP contribution >= 0.6 is 0 Å². The lowest BCUT2D eigenvalue weighted by Gasteiger charge is -2.14.